The molecule has 1 aromatic heterocycles. The number of alkyl halides is 2. The monoisotopic (exact) mass is 515 g/mol. The van der Waals surface area contributed by atoms with Crippen LogP contribution in [0, 0.1) is 0 Å². The zero-order chi connectivity index (χ0) is 25.8. The fourth-order valence-electron chi connectivity index (χ4n) is 4.25. The Hall–Kier alpha value is -3.74. The van der Waals surface area contributed by atoms with E-state index in [-0.39, 0.29) is 24.0 Å². The van der Waals surface area contributed by atoms with Gasteiger partial charge in [-0.25, -0.2) is 9.78 Å². The van der Waals surface area contributed by atoms with Gasteiger partial charge in [0, 0.05) is 49.5 Å². The van der Waals surface area contributed by atoms with Crippen molar-refractivity contribution in [2.45, 2.75) is 31.5 Å². The number of rotatable bonds is 7. The molecule has 0 bridgehead atoms. The van der Waals surface area contributed by atoms with Crippen molar-refractivity contribution in [3.63, 3.8) is 0 Å². The molecule has 196 valence electrons. The average molecular weight is 516 g/mol. The number of morpholine rings is 1. The smallest absolute Gasteiger partial charge is 0.400 e. The Balaban J connectivity index is 1.18. The summed E-state index contributed by atoms with van der Waals surface area (Å²) in [5.41, 5.74) is 2.14. The van der Waals surface area contributed by atoms with E-state index in [1.165, 1.54) is 6.08 Å². The van der Waals surface area contributed by atoms with Crippen LogP contribution in [0.1, 0.15) is 23.8 Å². The number of hydrogen-bond donors (Lipinski definition) is 4. The fraction of sp³-hybridized carbons (Fsp3) is 0.360. The van der Waals surface area contributed by atoms with Crippen LogP contribution in [-0.4, -0.2) is 59.7 Å². The minimum Gasteiger partial charge on any atom is -0.400 e. The van der Waals surface area contributed by atoms with Gasteiger partial charge >= 0.3 is 12.3 Å². The number of anilines is 2. The van der Waals surface area contributed by atoms with E-state index in [2.05, 4.69) is 30.4 Å². The fourth-order valence-corrected chi connectivity index (χ4v) is 4.25. The minimum absolute atomic E-state index is 0.00235. The molecule has 37 heavy (non-hydrogen) atoms. The average Bonchev–Trinajstić information content (AvgIpc) is 3.21. The number of aliphatic hydroxyl groups is 1. The first-order chi connectivity index (χ1) is 17.9. The molecular weight excluding hydrogens is 488 g/mol. The van der Waals surface area contributed by atoms with Gasteiger partial charge in [-0.2, -0.15) is 0 Å². The van der Waals surface area contributed by atoms with Crippen LogP contribution in [0.2, 0.25) is 0 Å². The summed E-state index contributed by atoms with van der Waals surface area (Å²) >= 11 is 0. The third-order valence-electron chi connectivity index (χ3n) is 6.10. The normalized spacial score (nSPS) is 21.1. The van der Waals surface area contributed by atoms with Gasteiger partial charge in [0.2, 0.25) is 0 Å². The van der Waals surface area contributed by atoms with E-state index < -0.39 is 18.6 Å². The van der Waals surface area contributed by atoms with Crippen LogP contribution < -0.4 is 16.0 Å². The SMILES string of the molecule is O=C(Nc1cc(CNc2ccccc2C(O)NC2C=CC3=C(C2)OC(F)(F)O3)ccn1)N1CCOCC1. The summed E-state index contributed by atoms with van der Waals surface area (Å²) in [6.45, 7) is 2.50. The molecule has 2 aromatic rings. The van der Waals surface area contributed by atoms with Gasteiger partial charge in [0.1, 0.15) is 12.0 Å². The molecule has 1 aromatic carbocycles. The molecule has 1 aliphatic carbocycles. The van der Waals surface area contributed by atoms with Gasteiger partial charge in [-0.3, -0.25) is 10.6 Å². The molecule has 3 aliphatic rings. The number of hydrogen-bond acceptors (Lipinski definition) is 8. The van der Waals surface area contributed by atoms with E-state index in [4.69, 9.17) is 4.74 Å². The van der Waals surface area contributed by atoms with Crippen LogP contribution in [0.25, 0.3) is 0 Å². The maximum Gasteiger partial charge on any atom is 0.585 e. The molecule has 2 unspecified atom stereocenters. The number of urea groups is 1. The lowest BCUT2D eigenvalue weighted by atomic mass is 10.0. The van der Waals surface area contributed by atoms with Crippen molar-refractivity contribution in [3.8, 4) is 0 Å². The quantitative estimate of drug-likeness (QED) is 0.415. The van der Waals surface area contributed by atoms with E-state index in [9.17, 15) is 18.7 Å². The summed E-state index contributed by atoms with van der Waals surface area (Å²) in [6.07, 6.45) is 0.0374. The number of nitrogens with zero attached hydrogens (tertiary/aromatic N) is 2. The first-order valence-electron chi connectivity index (χ1n) is 11.9. The van der Waals surface area contributed by atoms with Crippen molar-refractivity contribution in [1.29, 1.82) is 0 Å². The number of benzene rings is 1. The highest BCUT2D eigenvalue weighted by atomic mass is 19.3. The Morgan fingerprint density at radius 1 is 1.22 bits per heavy atom. The van der Waals surface area contributed by atoms with Gasteiger partial charge in [0.05, 0.1) is 13.2 Å². The summed E-state index contributed by atoms with van der Waals surface area (Å²) in [4.78, 5) is 18.3. The zero-order valence-corrected chi connectivity index (χ0v) is 19.8. The van der Waals surface area contributed by atoms with E-state index in [0.717, 1.165) is 5.56 Å². The van der Waals surface area contributed by atoms with Crippen LogP contribution in [0.4, 0.5) is 25.1 Å². The van der Waals surface area contributed by atoms with Gasteiger partial charge in [-0.1, -0.05) is 24.3 Å². The van der Waals surface area contributed by atoms with Crippen molar-refractivity contribution < 1.29 is 32.9 Å². The molecule has 2 amide bonds. The highest BCUT2D eigenvalue weighted by Gasteiger charge is 2.45. The highest BCUT2D eigenvalue weighted by molar-refractivity contribution is 5.88. The van der Waals surface area contributed by atoms with Crippen molar-refractivity contribution in [1.82, 2.24) is 15.2 Å². The summed E-state index contributed by atoms with van der Waals surface area (Å²) in [6, 6.07) is 10.2. The zero-order valence-electron chi connectivity index (χ0n) is 19.8. The predicted octanol–water partition coefficient (Wildman–Crippen LogP) is 3.28. The van der Waals surface area contributed by atoms with Crippen LogP contribution >= 0.6 is 0 Å². The molecular formula is C25H27F2N5O5. The standard InChI is InChI=1S/C25H27F2N5O5/c26-25(27)36-20-6-5-17(14-21(20)37-25)30-23(33)18-3-1-2-4-19(18)29-15-16-7-8-28-22(13-16)31-24(34)32-9-11-35-12-10-32/h1-8,13,17,23,29-30,33H,9-12,14-15H2,(H,28,31,34). The number of carbonyl (C=O) groups excluding carboxylic acids is 1. The van der Waals surface area contributed by atoms with Crippen molar-refractivity contribution in [2.24, 2.45) is 0 Å². The molecule has 0 radical (unpaired) electrons. The third kappa shape index (κ3) is 6.16. The van der Waals surface area contributed by atoms with Gasteiger partial charge in [0.15, 0.2) is 11.5 Å². The number of halogens is 2. The number of pyridine rings is 1. The van der Waals surface area contributed by atoms with Gasteiger partial charge in [-0.15, -0.1) is 8.78 Å². The maximum atomic E-state index is 13.3. The molecule has 10 nitrogen and oxygen atoms in total. The largest absolute Gasteiger partial charge is 0.585 e. The van der Waals surface area contributed by atoms with E-state index in [0.29, 0.717) is 49.9 Å². The third-order valence-corrected chi connectivity index (χ3v) is 6.10. The number of aromatic nitrogens is 1. The van der Waals surface area contributed by atoms with E-state index >= 15 is 0 Å². The van der Waals surface area contributed by atoms with Gasteiger partial charge in [-0.05, 0) is 29.8 Å². The number of aliphatic hydroxyl groups excluding tert-OH is 1. The Morgan fingerprint density at radius 2 is 2.03 bits per heavy atom. The van der Waals surface area contributed by atoms with Gasteiger partial charge in [0.25, 0.3) is 0 Å². The molecule has 4 N–H and O–H groups in total. The molecule has 2 atom stereocenters. The topological polar surface area (TPSA) is 117 Å². The predicted molar refractivity (Wildman–Crippen MR) is 129 cm³/mol. The lowest BCUT2D eigenvalue weighted by Gasteiger charge is -2.26. The number of allylic oxidation sites excluding steroid dienone is 1. The Kier molecular flexibility index (Phi) is 7.22. The number of ether oxygens (including phenoxy) is 3. The second-order valence-corrected chi connectivity index (χ2v) is 8.71. The second-order valence-electron chi connectivity index (χ2n) is 8.71. The van der Waals surface area contributed by atoms with Crippen molar-refractivity contribution in [3.05, 3.63) is 77.4 Å². The van der Waals surface area contributed by atoms with Crippen LogP contribution in [-0.2, 0) is 20.8 Å². The lowest BCUT2D eigenvalue weighted by molar-refractivity contribution is -0.336. The molecule has 3 heterocycles. The molecule has 2 aliphatic heterocycles. The Bertz CT molecular complexity index is 1200. The summed E-state index contributed by atoms with van der Waals surface area (Å²) < 4.78 is 40.9. The molecule has 0 saturated carbocycles. The summed E-state index contributed by atoms with van der Waals surface area (Å²) in [7, 11) is 0. The van der Waals surface area contributed by atoms with Gasteiger partial charge < -0.3 is 29.5 Å². The Labute approximate surface area is 211 Å². The molecule has 0 spiro atoms. The molecule has 5 rings (SSSR count). The minimum atomic E-state index is -3.67. The lowest BCUT2D eigenvalue weighted by Crippen LogP contribution is -2.43. The Morgan fingerprint density at radius 3 is 2.86 bits per heavy atom. The number of carbonyl (C=O) groups is 1. The van der Waals surface area contributed by atoms with Crippen LogP contribution in [0.15, 0.2) is 66.3 Å². The van der Waals surface area contributed by atoms with Crippen molar-refractivity contribution in [2.75, 3.05) is 36.9 Å². The molecule has 1 saturated heterocycles. The van der Waals surface area contributed by atoms with Crippen LogP contribution in [0.5, 0.6) is 0 Å². The first-order valence-corrected chi connectivity index (χ1v) is 11.9. The summed E-state index contributed by atoms with van der Waals surface area (Å²) in [5, 5.41) is 20.0. The molecule has 12 heteroatoms. The maximum absolute atomic E-state index is 13.3. The van der Waals surface area contributed by atoms with Crippen molar-refractivity contribution >= 4 is 17.5 Å². The second kappa shape index (κ2) is 10.7. The summed E-state index contributed by atoms with van der Waals surface area (Å²) in [5.74, 6) is 0.475. The van der Waals surface area contributed by atoms with Crippen LogP contribution in [0.3, 0.4) is 0 Å². The first kappa shape index (κ1) is 24.9. The number of amides is 2. The van der Waals surface area contributed by atoms with E-state index in [1.54, 1.807) is 35.4 Å². The molecule has 1 fully saturated rings. The highest BCUT2D eigenvalue weighted by Crippen LogP contribution is 2.38. The van der Waals surface area contributed by atoms with E-state index in [1.807, 2.05) is 18.2 Å². The number of para-hydroxylation sites is 1. The number of nitrogens with one attached hydrogen (secondary N) is 3.